The van der Waals surface area contributed by atoms with Crippen molar-refractivity contribution in [2.75, 3.05) is 26.5 Å². The summed E-state index contributed by atoms with van der Waals surface area (Å²) < 4.78 is 66.5. The molecule has 10 heteroatoms. The second-order valence-corrected chi connectivity index (χ2v) is 8.74. The van der Waals surface area contributed by atoms with Gasteiger partial charge >= 0.3 is 12.2 Å². The lowest BCUT2D eigenvalue weighted by Gasteiger charge is -2.18. The van der Waals surface area contributed by atoms with Crippen LogP contribution in [0.4, 0.5) is 18.0 Å². The zero-order chi connectivity index (χ0) is 22.4. The average Bonchev–Trinajstić information content (AvgIpc) is 2.68. The maximum atomic E-state index is 12.7. The molecule has 0 bridgehead atoms. The molecular weight excluding hydrogens is 421 g/mol. The quantitative estimate of drug-likeness (QED) is 0.630. The Morgan fingerprint density at radius 3 is 2.40 bits per heavy atom. The van der Waals surface area contributed by atoms with Gasteiger partial charge in [-0.1, -0.05) is 12.1 Å². The van der Waals surface area contributed by atoms with E-state index in [9.17, 15) is 26.4 Å². The van der Waals surface area contributed by atoms with Crippen LogP contribution < -0.4 is 10.1 Å². The number of hydrogen-bond acceptors (Lipinski definition) is 4. The number of nitrogens with zero attached hydrogens (tertiary/aromatic N) is 1. The highest BCUT2D eigenvalue weighted by atomic mass is 32.2. The van der Waals surface area contributed by atoms with Gasteiger partial charge in [0.2, 0.25) is 0 Å². The van der Waals surface area contributed by atoms with Crippen molar-refractivity contribution in [2.24, 2.45) is 0 Å². The number of carbonyl (C=O) groups is 1. The van der Waals surface area contributed by atoms with E-state index >= 15 is 0 Å². The first-order chi connectivity index (χ1) is 14.0. The summed E-state index contributed by atoms with van der Waals surface area (Å²) in [7, 11) is -1.69. The third-order valence-electron chi connectivity index (χ3n) is 4.20. The number of sulfone groups is 1. The Kier molecular flexibility index (Phi) is 7.71. The number of amides is 2. The van der Waals surface area contributed by atoms with E-state index in [0.29, 0.717) is 30.9 Å². The van der Waals surface area contributed by atoms with E-state index in [1.54, 1.807) is 19.2 Å². The summed E-state index contributed by atoms with van der Waals surface area (Å²) in [6.07, 6.45) is -2.79. The minimum absolute atomic E-state index is 0.0176. The number of rotatable bonds is 8. The summed E-state index contributed by atoms with van der Waals surface area (Å²) in [6, 6.07) is 10.4. The van der Waals surface area contributed by atoms with Crippen molar-refractivity contribution in [1.29, 1.82) is 0 Å². The van der Waals surface area contributed by atoms with Gasteiger partial charge in [-0.25, -0.2) is 13.2 Å². The first-order valence-corrected chi connectivity index (χ1v) is 10.9. The fourth-order valence-electron chi connectivity index (χ4n) is 2.55. The number of urea groups is 1. The highest BCUT2D eigenvalue weighted by molar-refractivity contribution is 7.90. The normalized spacial score (nSPS) is 11.8. The molecule has 0 aliphatic carbocycles. The van der Waals surface area contributed by atoms with Crippen LogP contribution in [-0.4, -0.2) is 45.8 Å². The molecule has 2 aromatic rings. The molecule has 0 saturated heterocycles. The van der Waals surface area contributed by atoms with Gasteiger partial charge in [0, 0.05) is 26.4 Å². The number of nitrogens with one attached hydrogen (secondary N) is 1. The maximum absolute atomic E-state index is 12.7. The molecule has 30 heavy (non-hydrogen) atoms. The molecule has 1 N–H and O–H groups in total. The molecular formula is C20H23F3N2O4S. The van der Waals surface area contributed by atoms with E-state index in [1.165, 1.54) is 29.2 Å². The minimum atomic E-state index is -4.43. The van der Waals surface area contributed by atoms with Crippen molar-refractivity contribution >= 4 is 15.9 Å². The predicted octanol–water partition coefficient (Wildman–Crippen LogP) is 3.72. The summed E-state index contributed by atoms with van der Waals surface area (Å²) in [5, 5.41) is 2.58. The third kappa shape index (κ3) is 7.25. The Morgan fingerprint density at radius 2 is 1.80 bits per heavy atom. The number of carbonyl (C=O) groups excluding carboxylic acids is 1. The Labute approximate surface area is 173 Å². The van der Waals surface area contributed by atoms with Crippen LogP contribution in [0.3, 0.4) is 0 Å². The molecule has 164 valence electrons. The lowest BCUT2D eigenvalue weighted by atomic mass is 10.1. The first kappa shape index (κ1) is 23.5. The van der Waals surface area contributed by atoms with E-state index in [1.807, 2.05) is 0 Å². The number of benzene rings is 2. The third-order valence-corrected chi connectivity index (χ3v) is 5.33. The minimum Gasteiger partial charge on any atom is -0.494 e. The Hall–Kier alpha value is -2.75. The van der Waals surface area contributed by atoms with Gasteiger partial charge < -0.3 is 15.0 Å². The topological polar surface area (TPSA) is 75.7 Å². The molecule has 0 saturated carbocycles. The summed E-state index contributed by atoms with van der Waals surface area (Å²) in [4.78, 5) is 13.7. The number of hydrogen-bond donors (Lipinski definition) is 1. The van der Waals surface area contributed by atoms with Gasteiger partial charge in [0.15, 0.2) is 9.84 Å². The zero-order valence-electron chi connectivity index (χ0n) is 16.6. The largest absolute Gasteiger partial charge is 0.494 e. The van der Waals surface area contributed by atoms with Crippen LogP contribution in [0.1, 0.15) is 17.5 Å². The molecule has 2 rings (SSSR count). The van der Waals surface area contributed by atoms with Gasteiger partial charge in [-0.15, -0.1) is 0 Å². The molecule has 0 atom stereocenters. The van der Waals surface area contributed by atoms with Crippen molar-refractivity contribution in [1.82, 2.24) is 10.2 Å². The summed E-state index contributed by atoms with van der Waals surface area (Å²) in [5.41, 5.74) is -0.406. The highest BCUT2D eigenvalue weighted by Gasteiger charge is 2.30. The summed E-state index contributed by atoms with van der Waals surface area (Å²) in [6.45, 7) is 0.662. The van der Waals surface area contributed by atoms with Crippen molar-refractivity contribution in [2.45, 2.75) is 24.0 Å². The molecule has 0 fully saturated rings. The fraction of sp³-hybridized carbons (Fsp3) is 0.350. The smallest absolute Gasteiger partial charge is 0.416 e. The van der Waals surface area contributed by atoms with Crippen LogP contribution in [0.15, 0.2) is 53.4 Å². The van der Waals surface area contributed by atoms with Crippen molar-refractivity contribution in [3.05, 3.63) is 59.7 Å². The van der Waals surface area contributed by atoms with Crippen LogP contribution in [0.25, 0.3) is 0 Å². The van der Waals surface area contributed by atoms with E-state index < -0.39 is 27.6 Å². The Balaban J connectivity index is 1.73. The van der Waals surface area contributed by atoms with Crippen LogP contribution >= 0.6 is 0 Å². The first-order valence-electron chi connectivity index (χ1n) is 9.05. The SMILES string of the molecule is CN(CCCOc1ccc(S(C)(=O)=O)cc1)C(=O)NCc1cccc(C(F)(F)F)c1. The van der Waals surface area contributed by atoms with Crippen molar-refractivity contribution in [3.8, 4) is 5.75 Å². The lowest BCUT2D eigenvalue weighted by molar-refractivity contribution is -0.137. The fourth-order valence-corrected chi connectivity index (χ4v) is 3.18. The molecule has 0 unspecified atom stereocenters. The second kappa shape index (κ2) is 9.84. The number of halogens is 3. The van der Waals surface area contributed by atoms with Crippen LogP contribution in [0.5, 0.6) is 5.75 Å². The van der Waals surface area contributed by atoms with Gasteiger partial charge in [-0.05, 0) is 48.4 Å². The van der Waals surface area contributed by atoms with Gasteiger partial charge in [0.25, 0.3) is 0 Å². The molecule has 0 spiro atoms. The zero-order valence-corrected chi connectivity index (χ0v) is 17.4. The second-order valence-electron chi connectivity index (χ2n) is 6.72. The Morgan fingerprint density at radius 1 is 1.13 bits per heavy atom. The van der Waals surface area contributed by atoms with E-state index in [-0.39, 0.29) is 11.4 Å². The molecule has 2 aromatic carbocycles. The van der Waals surface area contributed by atoms with Crippen molar-refractivity contribution in [3.63, 3.8) is 0 Å². The van der Waals surface area contributed by atoms with Crippen molar-refractivity contribution < 1.29 is 31.1 Å². The molecule has 0 radical (unpaired) electrons. The molecule has 0 aliphatic heterocycles. The molecule has 2 amide bonds. The molecule has 0 aromatic heterocycles. The standard InChI is InChI=1S/C20H23F3N2O4S/c1-25(11-4-12-29-17-7-9-18(10-8-17)30(2,27)28)19(26)24-14-15-5-3-6-16(13-15)20(21,22)23/h3,5-10,13H,4,11-12,14H2,1-2H3,(H,24,26). The summed E-state index contributed by atoms with van der Waals surface area (Å²) in [5.74, 6) is 0.513. The van der Waals surface area contributed by atoms with Gasteiger partial charge in [-0.3, -0.25) is 0 Å². The molecule has 0 aliphatic rings. The lowest BCUT2D eigenvalue weighted by Crippen LogP contribution is -2.37. The maximum Gasteiger partial charge on any atom is 0.416 e. The van der Waals surface area contributed by atoms with Gasteiger partial charge in [-0.2, -0.15) is 13.2 Å². The molecule has 0 heterocycles. The Bertz CT molecular complexity index is 961. The molecule has 6 nitrogen and oxygen atoms in total. The average molecular weight is 444 g/mol. The predicted molar refractivity (Wildman–Crippen MR) is 106 cm³/mol. The highest BCUT2D eigenvalue weighted by Crippen LogP contribution is 2.29. The monoisotopic (exact) mass is 444 g/mol. The van der Waals surface area contributed by atoms with Crippen LogP contribution in [0, 0.1) is 0 Å². The van der Waals surface area contributed by atoms with E-state index in [4.69, 9.17) is 4.74 Å². The van der Waals surface area contributed by atoms with E-state index in [2.05, 4.69) is 5.32 Å². The van der Waals surface area contributed by atoms with Gasteiger partial charge in [0.1, 0.15) is 5.75 Å². The van der Waals surface area contributed by atoms with Crippen LogP contribution in [-0.2, 0) is 22.6 Å². The van der Waals surface area contributed by atoms with Gasteiger partial charge in [0.05, 0.1) is 17.1 Å². The van der Waals surface area contributed by atoms with Crippen LogP contribution in [0.2, 0.25) is 0 Å². The number of ether oxygens (including phenoxy) is 1. The van der Waals surface area contributed by atoms with E-state index in [0.717, 1.165) is 18.4 Å². The number of alkyl halides is 3. The summed E-state index contributed by atoms with van der Waals surface area (Å²) >= 11 is 0.